The van der Waals surface area contributed by atoms with Crippen molar-refractivity contribution in [2.75, 3.05) is 0 Å². The fraction of sp³-hybridized carbons (Fsp3) is 0.818. The van der Waals surface area contributed by atoms with Gasteiger partial charge in [0.25, 0.3) is 0 Å². The van der Waals surface area contributed by atoms with Crippen LogP contribution in [0.25, 0.3) is 0 Å². The molecule has 0 rings (SSSR count). The monoisotopic (exact) mass is 368 g/mol. The van der Waals surface area contributed by atoms with Crippen LogP contribution < -0.4 is 0 Å². The molecule has 0 heterocycles. The molecule has 0 atom stereocenters. The molecular formula is C22H40O4. The van der Waals surface area contributed by atoms with Gasteiger partial charge in [0.2, 0.25) is 0 Å². The van der Waals surface area contributed by atoms with Crippen molar-refractivity contribution in [3.05, 3.63) is 11.6 Å². The summed E-state index contributed by atoms with van der Waals surface area (Å²) < 4.78 is 0. The van der Waals surface area contributed by atoms with Gasteiger partial charge in [0, 0.05) is 6.42 Å². The summed E-state index contributed by atoms with van der Waals surface area (Å²) in [6.45, 7) is 2.10. The number of allylic oxidation sites excluding steroid dienone is 1. The SMILES string of the molecule is CCC(=CCC(=O)O)CCCCCCCCCCCCCCCC(=O)O. The van der Waals surface area contributed by atoms with Crippen molar-refractivity contribution in [2.24, 2.45) is 0 Å². The number of carboxylic acids is 2. The molecule has 0 bridgehead atoms. The van der Waals surface area contributed by atoms with Gasteiger partial charge >= 0.3 is 11.9 Å². The van der Waals surface area contributed by atoms with Crippen molar-refractivity contribution in [3.63, 3.8) is 0 Å². The van der Waals surface area contributed by atoms with E-state index in [0.717, 1.165) is 25.7 Å². The van der Waals surface area contributed by atoms with Gasteiger partial charge in [0.1, 0.15) is 0 Å². The van der Waals surface area contributed by atoms with E-state index in [2.05, 4.69) is 6.92 Å². The van der Waals surface area contributed by atoms with Gasteiger partial charge in [-0.15, -0.1) is 0 Å². The molecule has 0 aromatic carbocycles. The fourth-order valence-corrected chi connectivity index (χ4v) is 3.23. The molecule has 0 saturated heterocycles. The molecule has 0 saturated carbocycles. The standard InChI is InChI=1S/C22H40O4/c1-2-20(18-19-22(25)26)16-14-12-10-8-6-4-3-5-7-9-11-13-15-17-21(23)24/h18H,2-17,19H2,1H3,(H,23,24)(H,25,26). The van der Waals surface area contributed by atoms with Crippen molar-refractivity contribution in [2.45, 2.75) is 116 Å². The van der Waals surface area contributed by atoms with E-state index in [0.29, 0.717) is 6.42 Å². The van der Waals surface area contributed by atoms with Crippen molar-refractivity contribution >= 4 is 11.9 Å². The highest BCUT2D eigenvalue weighted by atomic mass is 16.4. The molecule has 0 aliphatic rings. The number of carboxylic acid groups (broad SMARTS) is 2. The summed E-state index contributed by atoms with van der Waals surface area (Å²) >= 11 is 0. The first-order valence-corrected chi connectivity index (χ1v) is 10.7. The van der Waals surface area contributed by atoms with Gasteiger partial charge in [-0.25, -0.2) is 0 Å². The fourth-order valence-electron chi connectivity index (χ4n) is 3.23. The molecule has 152 valence electrons. The van der Waals surface area contributed by atoms with Crippen LogP contribution in [0, 0.1) is 0 Å². The molecule has 0 fully saturated rings. The van der Waals surface area contributed by atoms with E-state index in [1.165, 1.54) is 76.2 Å². The number of carbonyl (C=O) groups is 2. The van der Waals surface area contributed by atoms with Crippen LogP contribution in [0.15, 0.2) is 11.6 Å². The summed E-state index contributed by atoms with van der Waals surface area (Å²) in [5, 5.41) is 17.3. The first-order chi connectivity index (χ1) is 12.6. The third-order valence-corrected chi connectivity index (χ3v) is 4.91. The lowest BCUT2D eigenvalue weighted by Gasteiger charge is -2.05. The van der Waals surface area contributed by atoms with Crippen molar-refractivity contribution in [1.82, 2.24) is 0 Å². The number of hydrogen-bond donors (Lipinski definition) is 2. The summed E-state index contributed by atoms with van der Waals surface area (Å²) in [5.41, 5.74) is 1.29. The Bertz CT molecular complexity index is 388. The largest absolute Gasteiger partial charge is 0.481 e. The van der Waals surface area contributed by atoms with Gasteiger partial charge in [-0.05, 0) is 25.7 Å². The Morgan fingerprint density at radius 1 is 0.615 bits per heavy atom. The van der Waals surface area contributed by atoms with Gasteiger partial charge in [-0.1, -0.05) is 89.2 Å². The molecule has 4 heteroatoms. The van der Waals surface area contributed by atoms with Crippen LogP contribution >= 0.6 is 0 Å². The first-order valence-electron chi connectivity index (χ1n) is 10.7. The molecular weight excluding hydrogens is 328 g/mol. The second-order valence-electron chi connectivity index (χ2n) is 7.30. The van der Waals surface area contributed by atoms with Gasteiger partial charge in [-0.3, -0.25) is 9.59 Å². The molecule has 0 radical (unpaired) electrons. The second kappa shape index (κ2) is 18.5. The maximum atomic E-state index is 10.6. The summed E-state index contributed by atoms with van der Waals surface area (Å²) in [4.78, 5) is 21.0. The Kier molecular flexibility index (Phi) is 17.5. The van der Waals surface area contributed by atoms with E-state index < -0.39 is 11.9 Å². The third-order valence-electron chi connectivity index (χ3n) is 4.91. The minimum Gasteiger partial charge on any atom is -0.481 e. The highest BCUT2D eigenvalue weighted by molar-refractivity contribution is 5.68. The average molecular weight is 369 g/mol. The lowest BCUT2D eigenvalue weighted by molar-refractivity contribution is -0.137. The molecule has 0 aromatic rings. The minimum absolute atomic E-state index is 0.158. The summed E-state index contributed by atoms with van der Waals surface area (Å²) in [7, 11) is 0. The molecule has 26 heavy (non-hydrogen) atoms. The summed E-state index contributed by atoms with van der Waals surface area (Å²) in [5.74, 6) is -1.42. The van der Waals surface area contributed by atoms with Crippen LogP contribution in [0.5, 0.6) is 0 Å². The van der Waals surface area contributed by atoms with E-state index in [-0.39, 0.29) is 6.42 Å². The number of rotatable bonds is 19. The Morgan fingerprint density at radius 2 is 1.00 bits per heavy atom. The zero-order chi connectivity index (χ0) is 19.5. The molecule has 2 N–H and O–H groups in total. The lowest BCUT2D eigenvalue weighted by atomic mass is 10.0. The van der Waals surface area contributed by atoms with Crippen molar-refractivity contribution < 1.29 is 19.8 Å². The Labute approximate surface area is 160 Å². The number of hydrogen-bond acceptors (Lipinski definition) is 2. The molecule has 0 spiro atoms. The summed E-state index contributed by atoms with van der Waals surface area (Å²) in [6, 6.07) is 0. The number of aliphatic carboxylic acids is 2. The molecule has 0 unspecified atom stereocenters. The predicted octanol–water partition coefficient (Wildman–Crippen LogP) is 6.73. The van der Waals surface area contributed by atoms with Gasteiger partial charge in [-0.2, -0.15) is 0 Å². The van der Waals surface area contributed by atoms with E-state index in [1.807, 2.05) is 6.08 Å². The van der Waals surface area contributed by atoms with Crippen LogP contribution in [-0.2, 0) is 9.59 Å². The normalized spacial score (nSPS) is 11.7. The van der Waals surface area contributed by atoms with Crippen LogP contribution in [0.1, 0.15) is 116 Å². The molecule has 4 nitrogen and oxygen atoms in total. The molecule has 0 aliphatic carbocycles. The second-order valence-corrected chi connectivity index (χ2v) is 7.30. The topological polar surface area (TPSA) is 74.6 Å². The zero-order valence-electron chi connectivity index (χ0n) is 16.8. The highest BCUT2D eigenvalue weighted by Gasteiger charge is 1.99. The molecule has 0 aliphatic heterocycles. The van der Waals surface area contributed by atoms with Gasteiger partial charge in [0.05, 0.1) is 6.42 Å². The highest BCUT2D eigenvalue weighted by Crippen LogP contribution is 2.16. The van der Waals surface area contributed by atoms with Crippen molar-refractivity contribution in [3.8, 4) is 0 Å². The van der Waals surface area contributed by atoms with Crippen molar-refractivity contribution in [1.29, 1.82) is 0 Å². The van der Waals surface area contributed by atoms with Gasteiger partial charge < -0.3 is 10.2 Å². The van der Waals surface area contributed by atoms with E-state index >= 15 is 0 Å². The first kappa shape index (κ1) is 24.7. The Morgan fingerprint density at radius 3 is 1.35 bits per heavy atom. The maximum absolute atomic E-state index is 10.6. The average Bonchev–Trinajstić information content (AvgIpc) is 2.60. The Hall–Kier alpha value is -1.32. The zero-order valence-corrected chi connectivity index (χ0v) is 16.8. The van der Waals surface area contributed by atoms with Crippen LogP contribution in [0.4, 0.5) is 0 Å². The smallest absolute Gasteiger partial charge is 0.307 e. The van der Waals surface area contributed by atoms with Crippen LogP contribution in [0.3, 0.4) is 0 Å². The van der Waals surface area contributed by atoms with Gasteiger partial charge in [0.15, 0.2) is 0 Å². The lowest BCUT2D eigenvalue weighted by Crippen LogP contribution is -1.93. The third kappa shape index (κ3) is 19.0. The molecule has 0 aromatic heterocycles. The quantitative estimate of drug-likeness (QED) is 0.196. The number of unbranched alkanes of at least 4 members (excludes halogenated alkanes) is 12. The van der Waals surface area contributed by atoms with E-state index in [1.54, 1.807) is 0 Å². The van der Waals surface area contributed by atoms with Crippen LogP contribution in [0.2, 0.25) is 0 Å². The van der Waals surface area contributed by atoms with E-state index in [9.17, 15) is 9.59 Å². The predicted molar refractivity (Wildman–Crippen MR) is 108 cm³/mol. The van der Waals surface area contributed by atoms with E-state index in [4.69, 9.17) is 10.2 Å². The Balaban J connectivity index is 3.27. The maximum Gasteiger partial charge on any atom is 0.307 e. The minimum atomic E-state index is -0.742. The van der Waals surface area contributed by atoms with Crippen LogP contribution in [-0.4, -0.2) is 22.2 Å². The summed E-state index contributed by atoms with van der Waals surface area (Å²) in [6.07, 6.45) is 20.3. The molecule has 0 amide bonds.